The Bertz CT molecular complexity index is 1620. The highest BCUT2D eigenvalue weighted by molar-refractivity contribution is 5.87. The molecule has 6 unspecified atom stereocenters. The number of fused-ring (bicyclic) bond motifs is 1. The molecule has 14 heteroatoms. The summed E-state index contributed by atoms with van der Waals surface area (Å²) in [7, 11) is 0. The van der Waals surface area contributed by atoms with Crippen LogP contribution in [0.1, 0.15) is 22.8 Å². The van der Waals surface area contributed by atoms with Crippen LogP contribution in [0.3, 0.4) is 0 Å². The van der Waals surface area contributed by atoms with E-state index in [1.165, 1.54) is 54.6 Å². The number of benzene rings is 3. The van der Waals surface area contributed by atoms with Gasteiger partial charge in [-0.1, -0.05) is 12.1 Å². The van der Waals surface area contributed by atoms with Crippen LogP contribution in [-0.4, -0.2) is 89.2 Å². The van der Waals surface area contributed by atoms with E-state index in [9.17, 15) is 50.8 Å². The topological polar surface area (TPSA) is 236 Å². The molecule has 44 heavy (non-hydrogen) atoms. The van der Waals surface area contributed by atoms with Gasteiger partial charge in [0.05, 0.1) is 5.56 Å². The van der Waals surface area contributed by atoms with Crippen molar-refractivity contribution in [3.8, 4) is 40.2 Å². The van der Waals surface area contributed by atoms with Crippen molar-refractivity contribution in [2.24, 2.45) is 0 Å². The first-order valence-corrected chi connectivity index (χ1v) is 13.1. The van der Waals surface area contributed by atoms with Gasteiger partial charge in [-0.2, -0.15) is 0 Å². The van der Waals surface area contributed by atoms with Crippen molar-refractivity contribution in [2.75, 3.05) is 6.61 Å². The summed E-state index contributed by atoms with van der Waals surface area (Å²) in [5, 5.41) is 90.8. The molecule has 9 N–H and O–H groups in total. The fourth-order valence-electron chi connectivity index (χ4n) is 4.58. The summed E-state index contributed by atoms with van der Waals surface area (Å²) in [6.07, 6.45) is -5.94. The molecule has 2 aliphatic heterocycles. The molecule has 1 saturated heterocycles. The van der Waals surface area contributed by atoms with Gasteiger partial charge in [-0.15, -0.1) is 0 Å². The number of esters is 1. The van der Waals surface area contributed by atoms with Crippen molar-refractivity contribution in [3.05, 3.63) is 77.1 Å². The fourth-order valence-corrected chi connectivity index (χ4v) is 4.58. The Morgan fingerprint density at radius 2 is 1.50 bits per heavy atom. The Balaban J connectivity index is 1.35. The molecule has 0 aliphatic carbocycles. The van der Waals surface area contributed by atoms with Gasteiger partial charge in [-0.3, -0.25) is 0 Å². The number of ether oxygens (including phenoxy) is 4. The molecule has 3 aromatic carbocycles. The van der Waals surface area contributed by atoms with E-state index in [0.29, 0.717) is 5.56 Å². The maximum Gasteiger partial charge on any atom is 0.330 e. The molecule has 232 valence electrons. The molecule has 0 amide bonds. The molecular weight excluding hydrogens is 584 g/mol. The van der Waals surface area contributed by atoms with Gasteiger partial charge >= 0.3 is 5.97 Å². The summed E-state index contributed by atoms with van der Waals surface area (Å²) >= 11 is 0. The van der Waals surface area contributed by atoms with Crippen LogP contribution in [0.2, 0.25) is 0 Å². The standard InChI is InChI=1S/C30H28O14/c31-15-9-19(34)16-11-23(29(42-22(16)10-15)14-3-5-18(33)21(36)8-14)43-30-28(40)27(39)26(38)24(44-30)12-41-25(37)6-2-13-1-4-17(32)20(35)7-13/h1-11,24,26-36,38-40H,12H2. The van der Waals surface area contributed by atoms with Crippen molar-refractivity contribution in [1.29, 1.82) is 0 Å². The fraction of sp³-hybridized carbons (Fsp3) is 0.233. The lowest BCUT2D eigenvalue weighted by atomic mass is 9.98. The number of phenolic OH excluding ortho intramolecular Hbond substituents is 6. The van der Waals surface area contributed by atoms with E-state index in [2.05, 4.69) is 0 Å². The van der Waals surface area contributed by atoms with Crippen LogP contribution in [-0.2, 0) is 19.0 Å². The van der Waals surface area contributed by atoms with Gasteiger partial charge in [0.15, 0.2) is 29.1 Å². The largest absolute Gasteiger partial charge is 0.508 e. The number of hydrogen-bond donors (Lipinski definition) is 9. The molecular formula is C30H28O14. The summed E-state index contributed by atoms with van der Waals surface area (Å²) in [5.41, 5.74) is 0.702. The minimum absolute atomic E-state index is 0.0355. The van der Waals surface area contributed by atoms with E-state index in [-0.39, 0.29) is 39.9 Å². The molecule has 3 aromatic rings. The van der Waals surface area contributed by atoms with Crippen LogP contribution in [0.4, 0.5) is 0 Å². The number of aliphatic hydroxyl groups is 3. The highest BCUT2D eigenvalue weighted by Crippen LogP contribution is 2.45. The number of aromatic hydroxyl groups is 6. The lowest BCUT2D eigenvalue weighted by Crippen LogP contribution is -2.59. The summed E-state index contributed by atoms with van der Waals surface area (Å²) in [6, 6.07) is 9.92. The van der Waals surface area contributed by atoms with Gasteiger partial charge in [0.25, 0.3) is 0 Å². The zero-order chi connectivity index (χ0) is 31.7. The maximum atomic E-state index is 12.3. The molecule has 1 fully saturated rings. The summed E-state index contributed by atoms with van der Waals surface area (Å²) in [6.45, 7) is -0.581. The van der Waals surface area contributed by atoms with Crippen molar-refractivity contribution in [3.63, 3.8) is 0 Å². The second-order valence-electron chi connectivity index (χ2n) is 10.0. The molecule has 14 nitrogen and oxygen atoms in total. The number of rotatable bonds is 7. The zero-order valence-corrected chi connectivity index (χ0v) is 22.6. The van der Waals surface area contributed by atoms with Crippen LogP contribution in [0.5, 0.6) is 40.2 Å². The Hall–Kier alpha value is -5.15. The second kappa shape index (κ2) is 12.2. The smallest absolute Gasteiger partial charge is 0.330 e. The van der Waals surface area contributed by atoms with Crippen LogP contribution in [0, 0.1) is 0 Å². The molecule has 0 bridgehead atoms. The normalized spacial score (nSPS) is 24.7. The van der Waals surface area contributed by atoms with Gasteiger partial charge in [-0.25, -0.2) is 4.79 Å². The Morgan fingerprint density at radius 1 is 0.795 bits per heavy atom. The van der Waals surface area contributed by atoms with Crippen LogP contribution in [0.15, 0.2) is 60.4 Å². The van der Waals surface area contributed by atoms with E-state index in [0.717, 1.165) is 12.1 Å². The molecule has 6 atom stereocenters. The summed E-state index contributed by atoms with van der Waals surface area (Å²) in [4.78, 5) is 12.3. The maximum absolute atomic E-state index is 12.3. The Kier molecular flexibility index (Phi) is 8.42. The molecule has 0 aromatic heterocycles. The first-order chi connectivity index (χ1) is 20.9. The predicted octanol–water partition coefficient (Wildman–Crippen LogP) is 1.48. The molecule has 5 rings (SSSR count). The average molecular weight is 613 g/mol. The minimum atomic E-state index is -1.82. The van der Waals surface area contributed by atoms with E-state index in [1.807, 2.05) is 0 Å². The first kappa shape index (κ1) is 30.3. The average Bonchev–Trinajstić information content (AvgIpc) is 2.98. The Labute approximate surface area is 248 Å². The van der Waals surface area contributed by atoms with Crippen molar-refractivity contribution < 1.29 is 69.7 Å². The van der Waals surface area contributed by atoms with E-state index < -0.39 is 66.6 Å². The zero-order valence-electron chi connectivity index (χ0n) is 22.6. The van der Waals surface area contributed by atoms with Crippen molar-refractivity contribution in [2.45, 2.75) is 36.8 Å². The predicted molar refractivity (Wildman–Crippen MR) is 148 cm³/mol. The quantitative estimate of drug-likeness (QED) is 0.104. The highest BCUT2D eigenvalue weighted by atomic mass is 16.7. The molecule has 2 aliphatic rings. The molecule has 0 radical (unpaired) electrons. The summed E-state index contributed by atoms with van der Waals surface area (Å²) < 4.78 is 22.6. The third-order valence-electron chi connectivity index (χ3n) is 6.92. The van der Waals surface area contributed by atoms with Gasteiger partial charge < -0.3 is 64.9 Å². The lowest BCUT2D eigenvalue weighted by molar-refractivity contribution is -0.294. The molecule has 0 saturated carbocycles. The Morgan fingerprint density at radius 3 is 2.20 bits per heavy atom. The summed E-state index contributed by atoms with van der Waals surface area (Å²) in [5.74, 6) is -3.26. The van der Waals surface area contributed by atoms with Crippen LogP contribution < -0.4 is 4.74 Å². The van der Waals surface area contributed by atoms with E-state index in [1.54, 1.807) is 0 Å². The number of hydrogen-bond acceptors (Lipinski definition) is 14. The monoisotopic (exact) mass is 612 g/mol. The molecule has 0 spiro atoms. The second-order valence-corrected chi connectivity index (χ2v) is 10.0. The number of carbonyl (C=O) groups is 1. The minimum Gasteiger partial charge on any atom is -0.508 e. The molecule has 2 heterocycles. The lowest BCUT2D eigenvalue weighted by Gasteiger charge is -2.41. The van der Waals surface area contributed by atoms with Crippen LogP contribution >= 0.6 is 0 Å². The van der Waals surface area contributed by atoms with Gasteiger partial charge in [0.2, 0.25) is 6.29 Å². The number of carbonyl (C=O) groups excluding carboxylic acids is 1. The first-order valence-electron chi connectivity index (χ1n) is 13.1. The van der Waals surface area contributed by atoms with E-state index >= 15 is 0 Å². The number of phenols is 6. The van der Waals surface area contributed by atoms with Crippen molar-refractivity contribution in [1.82, 2.24) is 0 Å². The van der Waals surface area contributed by atoms with E-state index in [4.69, 9.17) is 18.9 Å². The SMILES string of the molecule is O=C(C=Cc1ccc(O)c(O)c1)OCC1OC(OC2=Cc3c(O)cc(O)cc3OC2c2ccc(O)c(O)c2)C(O)C(O)C1O. The van der Waals surface area contributed by atoms with Crippen LogP contribution in [0.25, 0.3) is 12.2 Å². The van der Waals surface area contributed by atoms with Crippen molar-refractivity contribution >= 4 is 18.1 Å². The highest BCUT2D eigenvalue weighted by Gasteiger charge is 2.46. The van der Waals surface area contributed by atoms with Gasteiger partial charge in [0.1, 0.15) is 54.0 Å². The van der Waals surface area contributed by atoms with Gasteiger partial charge in [0, 0.05) is 23.8 Å². The van der Waals surface area contributed by atoms with Gasteiger partial charge in [-0.05, 0) is 42.0 Å². The number of aliphatic hydroxyl groups excluding tert-OH is 3. The third kappa shape index (κ3) is 6.28. The third-order valence-corrected chi connectivity index (χ3v) is 6.92.